The highest BCUT2D eigenvalue weighted by molar-refractivity contribution is 14.0. The molecule has 0 bridgehead atoms. The molecule has 2 aromatic rings. The molecule has 1 aromatic heterocycles. The number of hydrogen-bond donors (Lipinski definition) is 2. The van der Waals surface area contributed by atoms with Gasteiger partial charge in [-0.25, -0.2) is 4.98 Å². The van der Waals surface area contributed by atoms with Gasteiger partial charge in [-0.2, -0.15) is 11.8 Å². The van der Waals surface area contributed by atoms with Gasteiger partial charge < -0.3 is 15.2 Å². The van der Waals surface area contributed by atoms with Gasteiger partial charge in [0, 0.05) is 43.8 Å². The van der Waals surface area contributed by atoms with Crippen molar-refractivity contribution in [1.82, 2.24) is 20.2 Å². The van der Waals surface area contributed by atoms with Crippen LogP contribution in [-0.2, 0) is 13.1 Å². The predicted molar refractivity (Wildman–Crippen MR) is 119 cm³/mol. The number of aliphatic imine (C=N–C) groups is 1. The molecule has 2 rings (SSSR count). The lowest BCUT2D eigenvalue weighted by atomic mass is 10.1. The number of halogens is 1. The first-order valence-electron chi connectivity index (χ1n) is 8.05. The minimum absolute atomic E-state index is 0. The largest absolute Gasteiger partial charge is 0.355 e. The Kier molecular flexibility index (Phi) is 9.34. The lowest BCUT2D eigenvalue weighted by molar-refractivity contribution is 0.664. The minimum Gasteiger partial charge on any atom is -0.355 e. The highest BCUT2D eigenvalue weighted by Crippen LogP contribution is 2.19. The summed E-state index contributed by atoms with van der Waals surface area (Å²) in [6.07, 6.45) is 7.74. The Balaban J connectivity index is 0.00000312. The Labute approximate surface area is 172 Å². The molecule has 0 saturated carbocycles. The van der Waals surface area contributed by atoms with Crippen molar-refractivity contribution in [1.29, 1.82) is 0 Å². The number of guanidine groups is 1. The molecule has 138 valence electrons. The first-order valence-corrected chi connectivity index (χ1v) is 9.28. The maximum Gasteiger partial charge on any atom is 0.191 e. The number of aromatic nitrogens is 2. The van der Waals surface area contributed by atoms with E-state index >= 15 is 0 Å². The summed E-state index contributed by atoms with van der Waals surface area (Å²) in [5, 5.41) is 6.74. The van der Waals surface area contributed by atoms with E-state index in [0.717, 1.165) is 25.6 Å². The molecule has 1 aromatic carbocycles. The highest BCUT2D eigenvalue weighted by Gasteiger charge is 2.15. The molecule has 0 fully saturated rings. The molecule has 0 aliphatic carbocycles. The van der Waals surface area contributed by atoms with Crippen molar-refractivity contribution < 1.29 is 0 Å². The number of rotatable bonds is 7. The topological polar surface area (TPSA) is 54.2 Å². The normalized spacial score (nSPS) is 11.8. The smallest absolute Gasteiger partial charge is 0.191 e. The van der Waals surface area contributed by atoms with Crippen LogP contribution >= 0.6 is 35.7 Å². The maximum absolute atomic E-state index is 4.28. The fraction of sp³-hybridized carbons (Fsp3) is 0.444. The van der Waals surface area contributed by atoms with Crippen LogP contribution in [0.25, 0.3) is 0 Å². The van der Waals surface area contributed by atoms with Gasteiger partial charge in [-0.3, -0.25) is 4.99 Å². The van der Waals surface area contributed by atoms with Crippen molar-refractivity contribution in [3.63, 3.8) is 0 Å². The average molecular weight is 473 g/mol. The summed E-state index contributed by atoms with van der Waals surface area (Å²) in [5.41, 5.74) is 2.50. The van der Waals surface area contributed by atoms with E-state index < -0.39 is 0 Å². The van der Waals surface area contributed by atoms with Crippen molar-refractivity contribution in [2.75, 3.05) is 19.8 Å². The molecule has 0 aliphatic heterocycles. The van der Waals surface area contributed by atoms with E-state index in [1.165, 1.54) is 11.1 Å². The van der Waals surface area contributed by atoms with Gasteiger partial charge >= 0.3 is 0 Å². The van der Waals surface area contributed by atoms with Gasteiger partial charge in [-0.1, -0.05) is 24.3 Å². The third kappa shape index (κ3) is 7.68. The molecule has 0 amide bonds. The van der Waals surface area contributed by atoms with Crippen molar-refractivity contribution in [3.05, 3.63) is 54.1 Å². The molecule has 2 N–H and O–H groups in total. The Morgan fingerprint density at radius 3 is 2.44 bits per heavy atom. The van der Waals surface area contributed by atoms with Crippen molar-refractivity contribution >= 4 is 41.7 Å². The number of benzene rings is 1. The molecule has 25 heavy (non-hydrogen) atoms. The summed E-state index contributed by atoms with van der Waals surface area (Å²) in [4.78, 5) is 8.35. The van der Waals surface area contributed by atoms with Gasteiger partial charge in [-0.15, -0.1) is 24.0 Å². The number of imidazole rings is 1. The van der Waals surface area contributed by atoms with Crippen LogP contribution in [0.15, 0.2) is 48.0 Å². The molecule has 0 saturated heterocycles. The second-order valence-corrected chi connectivity index (χ2v) is 7.81. The summed E-state index contributed by atoms with van der Waals surface area (Å²) in [5.74, 6) is 0.833. The summed E-state index contributed by atoms with van der Waals surface area (Å²) in [6.45, 7) is 6.91. The Morgan fingerprint density at radius 1 is 1.20 bits per heavy atom. The second kappa shape index (κ2) is 10.7. The van der Waals surface area contributed by atoms with Gasteiger partial charge in [-0.05, 0) is 31.2 Å². The fourth-order valence-corrected chi connectivity index (χ4v) is 2.35. The van der Waals surface area contributed by atoms with Crippen molar-refractivity contribution in [3.8, 4) is 0 Å². The predicted octanol–water partition coefficient (Wildman–Crippen LogP) is 3.36. The lowest BCUT2D eigenvalue weighted by Gasteiger charge is -2.23. The monoisotopic (exact) mass is 473 g/mol. The summed E-state index contributed by atoms with van der Waals surface area (Å²) in [7, 11) is 1.80. The van der Waals surface area contributed by atoms with Gasteiger partial charge in [0.15, 0.2) is 5.96 Å². The van der Waals surface area contributed by atoms with Gasteiger partial charge in [0.2, 0.25) is 0 Å². The second-order valence-electron chi connectivity index (χ2n) is 6.29. The fourth-order valence-electron chi connectivity index (χ4n) is 2.13. The Hall–Kier alpha value is -1.22. The lowest BCUT2D eigenvalue weighted by Crippen LogP contribution is -2.42. The molecule has 0 aliphatic rings. The quantitative estimate of drug-likeness (QED) is 0.368. The molecule has 1 heterocycles. The van der Waals surface area contributed by atoms with E-state index in [-0.39, 0.29) is 28.7 Å². The van der Waals surface area contributed by atoms with E-state index in [9.17, 15) is 0 Å². The SMILES string of the molecule is CN=C(NCc1ccc(Cn2ccnc2)cc1)NCC(C)(C)SC.I. The number of thioether (sulfide) groups is 1. The third-order valence-corrected chi connectivity index (χ3v) is 5.11. The Bertz CT molecular complexity index is 638. The zero-order valence-corrected chi connectivity index (χ0v) is 18.5. The minimum atomic E-state index is 0. The van der Waals surface area contributed by atoms with Crippen LogP contribution in [0.5, 0.6) is 0 Å². The molecular formula is C18H28IN5S. The zero-order chi connectivity index (χ0) is 17.4. The Morgan fingerprint density at radius 2 is 1.88 bits per heavy atom. The van der Waals surface area contributed by atoms with Crippen LogP contribution in [0.4, 0.5) is 0 Å². The number of nitrogens with zero attached hydrogens (tertiary/aromatic N) is 3. The standard InChI is InChI=1S/C18H27N5S.HI/c1-18(2,24-4)13-22-17(19-3)21-11-15-5-7-16(8-6-15)12-23-10-9-20-14-23;/h5-10,14H,11-13H2,1-4H3,(H2,19,21,22);1H. The van der Waals surface area contributed by atoms with E-state index in [1.807, 2.05) is 24.3 Å². The van der Waals surface area contributed by atoms with E-state index in [1.54, 1.807) is 13.2 Å². The van der Waals surface area contributed by atoms with Crippen molar-refractivity contribution in [2.45, 2.75) is 31.7 Å². The summed E-state index contributed by atoms with van der Waals surface area (Å²) < 4.78 is 2.25. The van der Waals surface area contributed by atoms with Crippen LogP contribution in [-0.4, -0.2) is 40.1 Å². The van der Waals surface area contributed by atoms with Crippen LogP contribution in [0.2, 0.25) is 0 Å². The third-order valence-electron chi connectivity index (χ3n) is 3.87. The average Bonchev–Trinajstić information content (AvgIpc) is 3.09. The zero-order valence-electron chi connectivity index (χ0n) is 15.3. The van der Waals surface area contributed by atoms with E-state index in [4.69, 9.17) is 0 Å². The number of nitrogens with one attached hydrogen (secondary N) is 2. The summed E-state index contributed by atoms with van der Waals surface area (Å²) in [6, 6.07) is 8.62. The van der Waals surface area contributed by atoms with Crippen LogP contribution in [0.3, 0.4) is 0 Å². The molecule has 0 radical (unpaired) electrons. The van der Waals surface area contributed by atoms with Crippen molar-refractivity contribution in [2.24, 2.45) is 4.99 Å². The van der Waals surface area contributed by atoms with Gasteiger partial charge in [0.05, 0.1) is 6.33 Å². The first kappa shape index (κ1) is 21.8. The highest BCUT2D eigenvalue weighted by atomic mass is 127. The molecule has 0 spiro atoms. The van der Waals surface area contributed by atoms with E-state index in [2.05, 4.69) is 69.5 Å². The molecule has 7 heteroatoms. The van der Waals surface area contributed by atoms with Crippen LogP contribution in [0.1, 0.15) is 25.0 Å². The molecule has 5 nitrogen and oxygen atoms in total. The molecule has 0 unspecified atom stereocenters. The molecule has 0 atom stereocenters. The summed E-state index contributed by atoms with van der Waals surface area (Å²) >= 11 is 1.85. The van der Waals surface area contributed by atoms with Gasteiger partial charge in [0.1, 0.15) is 0 Å². The molecular weight excluding hydrogens is 445 g/mol. The van der Waals surface area contributed by atoms with Crippen LogP contribution in [0, 0.1) is 0 Å². The van der Waals surface area contributed by atoms with Gasteiger partial charge in [0.25, 0.3) is 0 Å². The first-order chi connectivity index (χ1) is 11.5. The number of hydrogen-bond acceptors (Lipinski definition) is 3. The van der Waals surface area contributed by atoms with E-state index in [0.29, 0.717) is 0 Å². The maximum atomic E-state index is 4.28. The van der Waals surface area contributed by atoms with Crippen LogP contribution < -0.4 is 10.6 Å².